The molecule has 134 valence electrons. The molecule has 0 amide bonds. The lowest BCUT2D eigenvalue weighted by molar-refractivity contribution is 0.0691. The molecular weight excluding hydrogens is 316 g/mol. The van der Waals surface area contributed by atoms with Gasteiger partial charge in [-0.2, -0.15) is 0 Å². The fraction of sp³-hybridized carbons (Fsp3) is 0.381. The molecule has 0 atom stereocenters. The summed E-state index contributed by atoms with van der Waals surface area (Å²) in [5.41, 5.74) is 2.59. The summed E-state index contributed by atoms with van der Waals surface area (Å²) in [4.78, 5) is 11.2. The maximum absolute atomic E-state index is 11.2. The predicted molar refractivity (Wildman–Crippen MR) is 98.9 cm³/mol. The smallest absolute Gasteiger partial charge is 0.339 e. The van der Waals surface area contributed by atoms with Gasteiger partial charge < -0.3 is 14.6 Å². The summed E-state index contributed by atoms with van der Waals surface area (Å²) in [6, 6.07) is 12.9. The number of hydrogen-bond donors (Lipinski definition) is 1. The molecule has 0 unspecified atom stereocenters. The van der Waals surface area contributed by atoms with E-state index in [9.17, 15) is 4.79 Å². The van der Waals surface area contributed by atoms with Crippen molar-refractivity contribution in [1.29, 1.82) is 0 Å². The van der Waals surface area contributed by atoms with Crippen molar-refractivity contribution in [3.8, 4) is 11.5 Å². The van der Waals surface area contributed by atoms with E-state index >= 15 is 0 Å². The van der Waals surface area contributed by atoms with Gasteiger partial charge in [0.15, 0.2) is 0 Å². The lowest BCUT2D eigenvalue weighted by Gasteiger charge is -2.23. The van der Waals surface area contributed by atoms with Crippen molar-refractivity contribution in [3.05, 3.63) is 59.2 Å². The Balaban J connectivity index is 2.02. The number of carboxylic acid groups (broad SMARTS) is 1. The minimum Gasteiger partial charge on any atom is -0.490 e. The van der Waals surface area contributed by atoms with E-state index in [0.717, 1.165) is 17.7 Å². The molecule has 0 aromatic heterocycles. The van der Waals surface area contributed by atoms with E-state index in [1.165, 1.54) is 11.6 Å². The minimum atomic E-state index is -0.998. The standard InChI is InChI=1S/C21H26O4/c1-5-15-10-11-19(17(14-15)21(2,3)4)25-13-12-24-18-9-7-6-8-16(18)20(22)23/h6-11,14H,5,12-13H2,1-4H3,(H,22,23). The second-order valence-corrected chi connectivity index (χ2v) is 6.93. The van der Waals surface area contributed by atoms with Crippen LogP contribution in [0.15, 0.2) is 42.5 Å². The SMILES string of the molecule is CCc1ccc(OCCOc2ccccc2C(=O)O)c(C(C)(C)C)c1. The van der Waals surface area contributed by atoms with Crippen molar-refractivity contribution in [1.82, 2.24) is 0 Å². The van der Waals surface area contributed by atoms with Crippen LogP contribution in [0.4, 0.5) is 0 Å². The molecule has 1 N–H and O–H groups in total. The zero-order valence-electron chi connectivity index (χ0n) is 15.3. The van der Waals surface area contributed by atoms with Crippen LogP contribution in [-0.4, -0.2) is 24.3 Å². The van der Waals surface area contributed by atoms with Crippen molar-refractivity contribution in [2.75, 3.05) is 13.2 Å². The zero-order chi connectivity index (χ0) is 18.4. The number of aromatic carboxylic acids is 1. The molecular formula is C21H26O4. The summed E-state index contributed by atoms with van der Waals surface area (Å²) in [7, 11) is 0. The Bertz CT molecular complexity index is 729. The number of ether oxygens (including phenoxy) is 2. The van der Waals surface area contributed by atoms with Crippen molar-refractivity contribution >= 4 is 5.97 Å². The molecule has 4 nitrogen and oxygen atoms in total. The van der Waals surface area contributed by atoms with Gasteiger partial charge in [0.05, 0.1) is 0 Å². The fourth-order valence-corrected chi connectivity index (χ4v) is 2.58. The molecule has 2 aromatic carbocycles. The van der Waals surface area contributed by atoms with Crippen LogP contribution in [0, 0.1) is 0 Å². The minimum absolute atomic E-state index is 0.0166. The summed E-state index contributed by atoms with van der Waals surface area (Å²) in [5, 5.41) is 9.16. The van der Waals surface area contributed by atoms with Crippen LogP contribution in [0.1, 0.15) is 49.2 Å². The maximum Gasteiger partial charge on any atom is 0.339 e. The Hall–Kier alpha value is -2.49. The molecule has 0 saturated carbocycles. The Morgan fingerprint density at radius 3 is 2.24 bits per heavy atom. The molecule has 0 fully saturated rings. The first kappa shape index (κ1) is 18.8. The van der Waals surface area contributed by atoms with Crippen molar-refractivity contribution < 1.29 is 19.4 Å². The summed E-state index contributed by atoms with van der Waals surface area (Å²) in [5.74, 6) is 0.206. The summed E-state index contributed by atoms with van der Waals surface area (Å²) in [6.45, 7) is 9.25. The average Bonchev–Trinajstić information content (AvgIpc) is 2.58. The van der Waals surface area contributed by atoms with E-state index in [1.54, 1.807) is 18.2 Å². The Morgan fingerprint density at radius 1 is 1.00 bits per heavy atom. The van der Waals surface area contributed by atoms with Gasteiger partial charge in [-0.3, -0.25) is 0 Å². The number of aryl methyl sites for hydroxylation is 1. The van der Waals surface area contributed by atoms with Gasteiger partial charge in [0.2, 0.25) is 0 Å². The van der Waals surface area contributed by atoms with Crippen molar-refractivity contribution in [3.63, 3.8) is 0 Å². The molecule has 0 aliphatic heterocycles. The van der Waals surface area contributed by atoms with Gasteiger partial charge in [-0.15, -0.1) is 0 Å². The molecule has 0 heterocycles. The van der Waals surface area contributed by atoms with E-state index in [1.807, 2.05) is 6.07 Å². The van der Waals surface area contributed by atoms with E-state index in [0.29, 0.717) is 12.4 Å². The Morgan fingerprint density at radius 2 is 1.64 bits per heavy atom. The number of hydrogen-bond acceptors (Lipinski definition) is 3. The number of rotatable bonds is 7. The van der Waals surface area contributed by atoms with Gasteiger partial charge in [0.1, 0.15) is 30.3 Å². The van der Waals surface area contributed by atoms with Crippen LogP contribution in [0.3, 0.4) is 0 Å². The van der Waals surface area contributed by atoms with Gasteiger partial charge in [0, 0.05) is 0 Å². The Labute approximate surface area is 149 Å². The topological polar surface area (TPSA) is 55.8 Å². The normalized spacial score (nSPS) is 11.2. The van der Waals surface area contributed by atoms with Crippen LogP contribution in [0.25, 0.3) is 0 Å². The number of para-hydroxylation sites is 1. The van der Waals surface area contributed by atoms with Gasteiger partial charge >= 0.3 is 5.97 Å². The molecule has 0 radical (unpaired) electrons. The van der Waals surface area contributed by atoms with Gasteiger partial charge in [0.25, 0.3) is 0 Å². The summed E-state index contributed by atoms with van der Waals surface area (Å²) in [6.07, 6.45) is 0.985. The highest BCUT2D eigenvalue weighted by Crippen LogP contribution is 2.32. The zero-order valence-corrected chi connectivity index (χ0v) is 15.3. The molecule has 0 bridgehead atoms. The molecule has 0 saturated heterocycles. The van der Waals surface area contributed by atoms with Gasteiger partial charge in [-0.1, -0.05) is 52.0 Å². The molecule has 25 heavy (non-hydrogen) atoms. The second kappa shape index (κ2) is 8.06. The van der Waals surface area contributed by atoms with E-state index in [4.69, 9.17) is 14.6 Å². The third-order valence-electron chi connectivity index (χ3n) is 3.98. The third-order valence-corrected chi connectivity index (χ3v) is 3.98. The highest BCUT2D eigenvalue weighted by atomic mass is 16.5. The van der Waals surface area contributed by atoms with E-state index < -0.39 is 5.97 Å². The van der Waals surface area contributed by atoms with Gasteiger partial charge in [-0.05, 0) is 41.2 Å². The number of carbonyl (C=O) groups is 1. The first-order valence-electron chi connectivity index (χ1n) is 8.54. The van der Waals surface area contributed by atoms with E-state index in [2.05, 4.69) is 39.8 Å². The largest absolute Gasteiger partial charge is 0.490 e. The lowest BCUT2D eigenvalue weighted by atomic mass is 9.85. The number of benzene rings is 2. The molecule has 0 spiro atoms. The van der Waals surface area contributed by atoms with Crippen LogP contribution in [-0.2, 0) is 11.8 Å². The predicted octanol–water partition coefficient (Wildman–Crippen LogP) is 4.70. The molecule has 2 rings (SSSR count). The first-order chi connectivity index (χ1) is 11.8. The monoisotopic (exact) mass is 342 g/mol. The highest BCUT2D eigenvalue weighted by Gasteiger charge is 2.19. The number of carboxylic acids is 1. The van der Waals surface area contributed by atoms with Crippen LogP contribution in [0.5, 0.6) is 11.5 Å². The quantitative estimate of drug-likeness (QED) is 0.741. The van der Waals surface area contributed by atoms with Crippen molar-refractivity contribution in [2.45, 2.75) is 39.5 Å². The van der Waals surface area contributed by atoms with Crippen molar-refractivity contribution in [2.24, 2.45) is 0 Å². The first-order valence-corrected chi connectivity index (χ1v) is 8.54. The van der Waals surface area contributed by atoms with E-state index in [-0.39, 0.29) is 17.6 Å². The molecule has 2 aromatic rings. The second-order valence-electron chi connectivity index (χ2n) is 6.93. The fourth-order valence-electron chi connectivity index (χ4n) is 2.58. The third kappa shape index (κ3) is 4.99. The van der Waals surface area contributed by atoms with Gasteiger partial charge in [-0.25, -0.2) is 4.79 Å². The molecule has 0 aliphatic carbocycles. The average molecular weight is 342 g/mol. The summed E-state index contributed by atoms with van der Waals surface area (Å²) >= 11 is 0. The molecule has 0 aliphatic rings. The highest BCUT2D eigenvalue weighted by molar-refractivity contribution is 5.90. The summed E-state index contributed by atoms with van der Waals surface area (Å²) < 4.78 is 11.5. The van der Waals surface area contributed by atoms with Crippen LogP contribution < -0.4 is 9.47 Å². The maximum atomic E-state index is 11.2. The lowest BCUT2D eigenvalue weighted by Crippen LogP contribution is -2.16. The van der Waals surface area contributed by atoms with Crippen LogP contribution >= 0.6 is 0 Å². The van der Waals surface area contributed by atoms with Crippen LogP contribution in [0.2, 0.25) is 0 Å². The molecule has 4 heteroatoms. The Kier molecular flexibility index (Phi) is 6.07.